The molecule has 96 valence electrons. The summed E-state index contributed by atoms with van der Waals surface area (Å²) in [6, 6.07) is 15.9. The van der Waals surface area contributed by atoms with Gasteiger partial charge in [-0.3, -0.25) is 0 Å². The van der Waals surface area contributed by atoms with Gasteiger partial charge in [-0.2, -0.15) is 0 Å². The number of hydrogen-bond donors (Lipinski definition) is 1. The molecule has 0 aliphatic rings. The molecule has 0 spiro atoms. The van der Waals surface area contributed by atoms with Gasteiger partial charge in [0.1, 0.15) is 5.52 Å². The molecule has 3 nitrogen and oxygen atoms in total. The lowest BCUT2D eigenvalue weighted by Gasteiger charge is -1.96. The highest BCUT2D eigenvalue weighted by molar-refractivity contribution is 5.73. The molecule has 0 amide bonds. The first-order valence-electron chi connectivity index (χ1n) is 6.38. The number of fused-ring (bicyclic) bond motifs is 1. The van der Waals surface area contributed by atoms with Gasteiger partial charge in [0.15, 0.2) is 11.5 Å². The van der Waals surface area contributed by atoms with E-state index in [1.165, 1.54) is 5.56 Å². The van der Waals surface area contributed by atoms with Crippen molar-refractivity contribution < 1.29 is 9.52 Å². The van der Waals surface area contributed by atoms with E-state index in [2.05, 4.69) is 17.1 Å². The Balaban J connectivity index is 1.78. The van der Waals surface area contributed by atoms with E-state index in [-0.39, 0.29) is 6.61 Å². The summed E-state index contributed by atoms with van der Waals surface area (Å²) in [5, 5.41) is 9.10. The van der Waals surface area contributed by atoms with Gasteiger partial charge in [-0.1, -0.05) is 36.4 Å². The minimum atomic E-state index is 0.0299. The maximum atomic E-state index is 9.10. The number of aromatic nitrogens is 1. The number of benzene rings is 2. The molecule has 0 aliphatic carbocycles. The van der Waals surface area contributed by atoms with Crippen LogP contribution in [0.15, 0.2) is 52.9 Å². The predicted octanol–water partition coefficient (Wildman–Crippen LogP) is 3.11. The molecule has 3 heteroatoms. The van der Waals surface area contributed by atoms with Gasteiger partial charge in [0.2, 0.25) is 0 Å². The minimum Gasteiger partial charge on any atom is -0.441 e. The molecule has 0 fully saturated rings. The molecule has 0 saturated heterocycles. The normalized spacial score (nSPS) is 11.0. The summed E-state index contributed by atoms with van der Waals surface area (Å²) >= 11 is 0. The lowest BCUT2D eigenvalue weighted by atomic mass is 10.1. The number of rotatable bonds is 4. The quantitative estimate of drug-likeness (QED) is 0.777. The number of hydrogen-bond acceptors (Lipinski definition) is 3. The third-order valence-corrected chi connectivity index (χ3v) is 3.15. The highest BCUT2D eigenvalue weighted by Crippen LogP contribution is 2.18. The van der Waals surface area contributed by atoms with Gasteiger partial charge >= 0.3 is 0 Å². The van der Waals surface area contributed by atoms with Crippen LogP contribution >= 0.6 is 0 Å². The van der Waals surface area contributed by atoms with Crippen LogP contribution in [-0.4, -0.2) is 10.1 Å². The number of nitrogens with zero attached hydrogens (tertiary/aromatic N) is 1. The van der Waals surface area contributed by atoms with E-state index in [0.717, 1.165) is 35.4 Å². The summed E-state index contributed by atoms with van der Waals surface area (Å²) in [6.07, 6.45) is 1.70. The SMILES string of the molecule is OCc1ccc2oc(CCc3ccccc3)nc2c1. The molecular weight excluding hydrogens is 238 g/mol. The number of aryl methyl sites for hydroxylation is 2. The zero-order valence-electron chi connectivity index (χ0n) is 10.5. The van der Waals surface area contributed by atoms with Crippen molar-refractivity contribution in [3.8, 4) is 0 Å². The van der Waals surface area contributed by atoms with Crippen LogP contribution in [-0.2, 0) is 19.4 Å². The van der Waals surface area contributed by atoms with Crippen LogP contribution in [0.5, 0.6) is 0 Å². The fraction of sp³-hybridized carbons (Fsp3) is 0.188. The lowest BCUT2D eigenvalue weighted by Crippen LogP contribution is -1.90. The highest BCUT2D eigenvalue weighted by Gasteiger charge is 2.06. The molecule has 0 saturated carbocycles. The standard InChI is InChI=1S/C16H15NO2/c18-11-13-6-8-15-14(10-13)17-16(19-15)9-7-12-4-2-1-3-5-12/h1-6,8,10,18H,7,9,11H2. The summed E-state index contributed by atoms with van der Waals surface area (Å²) < 4.78 is 5.70. The Bertz CT molecular complexity index is 674. The molecule has 3 rings (SSSR count). The largest absolute Gasteiger partial charge is 0.441 e. The van der Waals surface area contributed by atoms with Crippen molar-refractivity contribution in [3.63, 3.8) is 0 Å². The van der Waals surface area contributed by atoms with Crippen LogP contribution in [0.3, 0.4) is 0 Å². The average Bonchev–Trinajstić information content (AvgIpc) is 2.88. The average molecular weight is 253 g/mol. The molecule has 0 aliphatic heterocycles. The smallest absolute Gasteiger partial charge is 0.195 e. The van der Waals surface area contributed by atoms with E-state index in [9.17, 15) is 0 Å². The first-order chi connectivity index (χ1) is 9.35. The van der Waals surface area contributed by atoms with Crippen molar-refractivity contribution in [2.45, 2.75) is 19.4 Å². The fourth-order valence-corrected chi connectivity index (χ4v) is 2.12. The Morgan fingerprint density at radius 1 is 0.947 bits per heavy atom. The Hall–Kier alpha value is -2.13. The van der Waals surface area contributed by atoms with E-state index in [0.29, 0.717) is 0 Å². The third-order valence-electron chi connectivity index (χ3n) is 3.15. The van der Waals surface area contributed by atoms with Gasteiger partial charge in [0.05, 0.1) is 6.61 Å². The Kier molecular flexibility index (Phi) is 3.29. The second-order valence-electron chi connectivity index (χ2n) is 4.55. The van der Waals surface area contributed by atoms with Crippen LogP contribution < -0.4 is 0 Å². The summed E-state index contributed by atoms with van der Waals surface area (Å²) in [5.41, 5.74) is 3.73. The second-order valence-corrected chi connectivity index (χ2v) is 4.55. The van der Waals surface area contributed by atoms with E-state index in [1.807, 2.05) is 36.4 Å². The van der Waals surface area contributed by atoms with Gasteiger partial charge in [0.25, 0.3) is 0 Å². The maximum absolute atomic E-state index is 9.10. The monoisotopic (exact) mass is 253 g/mol. The fourth-order valence-electron chi connectivity index (χ4n) is 2.12. The Labute approximate surface area is 111 Å². The van der Waals surface area contributed by atoms with Crippen molar-refractivity contribution in [3.05, 3.63) is 65.5 Å². The Morgan fingerprint density at radius 3 is 2.58 bits per heavy atom. The molecular formula is C16H15NO2. The van der Waals surface area contributed by atoms with Crippen LogP contribution in [0.1, 0.15) is 17.0 Å². The van der Waals surface area contributed by atoms with Crippen molar-refractivity contribution in [1.29, 1.82) is 0 Å². The van der Waals surface area contributed by atoms with Gasteiger partial charge in [0, 0.05) is 6.42 Å². The van der Waals surface area contributed by atoms with E-state index >= 15 is 0 Å². The number of aliphatic hydroxyl groups excluding tert-OH is 1. The van der Waals surface area contributed by atoms with Crippen LogP contribution in [0.25, 0.3) is 11.1 Å². The van der Waals surface area contributed by atoms with Gasteiger partial charge in [-0.25, -0.2) is 4.98 Å². The molecule has 1 heterocycles. The summed E-state index contributed by atoms with van der Waals surface area (Å²) in [4.78, 5) is 4.46. The van der Waals surface area contributed by atoms with Crippen molar-refractivity contribution in [2.75, 3.05) is 0 Å². The summed E-state index contributed by atoms with van der Waals surface area (Å²) in [7, 11) is 0. The van der Waals surface area contributed by atoms with Crippen LogP contribution in [0, 0.1) is 0 Å². The van der Waals surface area contributed by atoms with E-state index in [4.69, 9.17) is 9.52 Å². The second kappa shape index (κ2) is 5.24. The predicted molar refractivity (Wildman–Crippen MR) is 73.8 cm³/mol. The lowest BCUT2D eigenvalue weighted by molar-refractivity contribution is 0.282. The molecule has 1 N–H and O–H groups in total. The van der Waals surface area contributed by atoms with Crippen LogP contribution in [0.4, 0.5) is 0 Å². The molecule has 0 atom stereocenters. The first kappa shape index (κ1) is 11.9. The van der Waals surface area contributed by atoms with Gasteiger partial charge in [-0.15, -0.1) is 0 Å². The zero-order chi connectivity index (χ0) is 13.1. The molecule has 19 heavy (non-hydrogen) atoms. The van der Waals surface area contributed by atoms with E-state index < -0.39 is 0 Å². The number of oxazole rings is 1. The first-order valence-corrected chi connectivity index (χ1v) is 6.38. The Morgan fingerprint density at radius 2 is 1.79 bits per heavy atom. The van der Waals surface area contributed by atoms with Crippen molar-refractivity contribution in [1.82, 2.24) is 4.98 Å². The van der Waals surface area contributed by atoms with E-state index in [1.54, 1.807) is 0 Å². The van der Waals surface area contributed by atoms with Crippen LogP contribution in [0.2, 0.25) is 0 Å². The summed E-state index contributed by atoms with van der Waals surface area (Å²) in [6.45, 7) is 0.0299. The molecule has 0 unspecified atom stereocenters. The van der Waals surface area contributed by atoms with Crippen molar-refractivity contribution >= 4 is 11.1 Å². The zero-order valence-corrected chi connectivity index (χ0v) is 10.5. The summed E-state index contributed by atoms with van der Waals surface area (Å²) in [5.74, 6) is 0.744. The minimum absolute atomic E-state index is 0.0299. The molecule has 1 aromatic heterocycles. The molecule has 0 bridgehead atoms. The topological polar surface area (TPSA) is 46.3 Å². The number of aliphatic hydroxyl groups is 1. The molecule has 2 aromatic carbocycles. The third kappa shape index (κ3) is 2.66. The van der Waals surface area contributed by atoms with Gasteiger partial charge < -0.3 is 9.52 Å². The highest BCUT2D eigenvalue weighted by atomic mass is 16.3. The van der Waals surface area contributed by atoms with Crippen molar-refractivity contribution in [2.24, 2.45) is 0 Å². The molecule has 0 radical (unpaired) electrons. The maximum Gasteiger partial charge on any atom is 0.195 e. The van der Waals surface area contributed by atoms with Gasteiger partial charge in [-0.05, 0) is 29.7 Å². The molecule has 3 aromatic rings.